The van der Waals surface area contributed by atoms with E-state index in [1.807, 2.05) is 0 Å². The number of hydrogen-bond donors (Lipinski definition) is 3. The molecular weight excluding hydrogens is 1230 g/mol. The zero-order valence-corrected chi connectivity index (χ0v) is 63.4. The molecule has 0 aromatic rings. The first kappa shape index (κ1) is 92.1. The Morgan fingerprint density at radius 1 is 0.298 bits per heavy atom. The van der Waals surface area contributed by atoms with Gasteiger partial charge in [0.2, 0.25) is 0 Å². The predicted octanol–water partition coefficient (Wildman–Crippen LogP) is 21.7. The van der Waals surface area contributed by atoms with Crippen LogP contribution in [0.15, 0.2) is 0 Å². The summed E-state index contributed by atoms with van der Waals surface area (Å²) in [7, 11) is -9.91. The Kier molecular flexibility index (Phi) is 63.1. The van der Waals surface area contributed by atoms with Crippen molar-refractivity contribution in [2.45, 2.75) is 395 Å². The minimum Gasteiger partial charge on any atom is -0.462 e. The molecule has 0 aromatic heterocycles. The first-order valence-electron chi connectivity index (χ1n) is 38.7. The van der Waals surface area contributed by atoms with E-state index >= 15 is 0 Å². The SMILES string of the molecule is CCC(C)CCCCCCCCC(=O)OC[C@H](COP(=O)(O)OCC(O)COP(=O)(O)OC[C@@H](COC(=O)CCCCCCCCCC(C)C)OC(=O)CCCCCCCCCCCCCCCC(C)C)OC(=O)CCCCCCCCCCCCCCCCCC(C)C. The number of unbranched alkanes of at least 4 members (excludes halogenated alkanes) is 37. The Bertz CT molecular complexity index is 1850. The van der Waals surface area contributed by atoms with Gasteiger partial charge in [0, 0.05) is 25.7 Å². The van der Waals surface area contributed by atoms with E-state index in [-0.39, 0.29) is 25.7 Å². The van der Waals surface area contributed by atoms with Crippen molar-refractivity contribution >= 4 is 39.5 Å². The van der Waals surface area contributed by atoms with Gasteiger partial charge in [0.1, 0.15) is 19.3 Å². The van der Waals surface area contributed by atoms with E-state index in [1.54, 1.807) is 0 Å². The second-order valence-electron chi connectivity index (χ2n) is 28.7. The summed E-state index contributed by atoms with van der Waals surface area (Å²) in [5.41, 5.74) is 0. The molecule has 0 rings (SSSR count). The number of carbonyl (C=O) groups is 4. The number of ether oxygens (including phenoxy) is 4. The van der Waals surface area contributed by atoms with E-state index in [1.165, 1.54) is 167 Å². The zero-order chi connectivity index (χ0) is 69.6. The molecule has 0 saturated heterocycles. The second-order valence-corrected chi connectivity index (χ2v) is 31.6. The molecule has 4 unspecified atom stereocenters. The van der Waals surface area contributed by atoms with Gasteiger partial charge >= 0.3 is 39.5 Å². The van der Waals surface area contributed by atoms with Crippen molar-refractivity contribution < 1.29 is 80.2 Å². The van der Waals surface area contributed by atoms with Crippen LogP contribution in [-0.2, 0) is 65.4 Å². The molecule has 0 fully saturated rings. The summed E-state index contributed by atoms with van der Waals surface area (Å²) in [6.45, 7) is 14.1. The van der Waals surface area contributed by atoms with Crippen LogP contribution in [0.25, 0.3) is 0 Å². The number of aliphatic hydroxyl groups is 1. The molecule has 0 saturated carbocycles. The monoisotopic (exact) mass is 1380 g/mol. The average Bonchev–Trinajstić information content (AvgIpc) is 1.15. The molecule has 94 heavy (non-hydrogen) atoms. The average molecular weight is 1380 g/mol. The highest BCUT2D eigenvalue weighted by Gasteiger charge is 2.30. The summed E-state index contributed by atoms with van der Waals surface area (Å²) in [5, 5.41) is 10.6. The largest absolute Gasteiger partial charge is 0.472 e. The van der Waals surface area contributed by atoms with Crippen LogP contribution < -0.4 is 0 Å². The summed E-state index contributed by atoms with van der Waals surface area (Å²) in [4.78, 5) is 72.7. The highest BCUT2D eigenvalue weighted by atomic mass is 31.2. The molecule has 0 aliphatic carbocycles. The highest BCUT2D eigenvalue weighted by molar-refractivity contribution is 7.47. The first-order chi connectivity index (χ1) is 45.1. The van der Waals surface area contributed by atoms with Gasteiger partial charge in [-0.15, -0.1) is 0 Å². The van der Waals surface area contributed by atoms with Crippen molar-refractivity contribution in [1.29, 1.82) is 0 Å². The lowest BCUT2D eigenvalue weighted by atomic mass is 10.00. The molecule has 0 heterocycles. The Hall–Kier alpha value is -1.94. The highest BCUT2D eigenvalue weighted by Crippen LogP contribution is 2.45. The first-order valence-corrected chi connectivity index (χ1v) is 41.7. The Morgan fingerprint density at radius 2 is 0.511 bits per heavy atom. The maximum absolute atomic E-state index is 13.1. The number of phosphoric ester groups is 2. The van der Waals surface area contributed by atoms with Crippen LogP contribution in [0.5, 0.6) is 0 Å². The van der Waals surface area contributed by atoms with Gasteiger partial charge in [-0.3, -0.25) is 37.3 Å². The normalized spacial score (nSPS) is 14.4. The van der Waals surface area contributed by atoms with E-state index in [2.05, 4.69) is 55.4 Å². The molecule has 0 radical (unpaired) electrons. The van der Waals surface area contributed by atoms with Gasteiger partial charge in [0.25, 0.3) is 0 Å². The van der Waals surface area contributed by atoms with Crippen LogP contribution in [0, 0.1) is 23.7 Å². The van der Waals surface area contributed by atoms with Crippen LogP contribution in [0.3, 0.4) is 0 Å². The summed E-state index contributed by atoms with van der Waals surface area (Å²) < 4.78 is 68.5. The lowest BCUT2D eigenvalue weighted by molar-refractivity contribution is -0.161. The lowest BCUT2D eigenvalue weighted by Crippen LogP contribution is -2.30. The number of phosphoric acid groups is 2. The van der Waals surface area contributed by atoms with Crippen molar-refractivity contribution in [3.05, 3.63) is 0 Å². The van der Waals surface area contributed by atoms with Crippen molar-refractivity contribution in [2.24, 2.45) is 23.7 Å². The Balaban J connectivity index is 5.22. The van der Waals surface area contributed by atoms with Gasteiger partial charge in [-0.2, -0.15) is 0 Å². The number of carbonyl (C=O) groups excluding carboxylic acids is 4. The number of rotatable bonds is 72. The molecular formula is C75H146O17P2. The number of hydrogen-bond acceptors (Lipinski definition) is 15. The number of esters is 4. The van der Waals surface area contributed by atoms with Crippen LogP contribution >= 0.6 is 15.6 Å². The van der Waals surface area contributed by atoms with Crippen molar-refractivity contribution in [2.75, 3.05) is 39.6 Å². The molecule has 0 aliphatic rings. The molecule has 3 N–H and O–H groups in total. The van der Waals surface area contributed by atoms with Gasteiger partial charge in [-0.25, -0.2) is 9.13 Å². The molecule has 19 heteroatoms. The van der Waals surface area contributed by atoms with E-state index < -0.39 is 97.5 Å². The fourth-order valence-electron chi connectivity index (χ4n) is 11.3. The summed E-state index contributed by atoms with van der Waals surface area (Å²) in [6, 6.07) is 0. The van der Waals surface area contributed by atoms with Crippen LogP contribution in [0.1, 0.15) is 376 Å². The summed E-state index contributed by atoms with van der Waals surface area (Å²) in [6.07, 6.45) is 48.7. The van der Waals surface area contributed by atoms with E-state index in [0.717, 1.165) is 120 Å². The molecule has 0 amide bonds. The van der Waals surface area contributed by atoms with Gasteiger partial charge in [-0.05, 0) is 49.4 Å². The van der Waals surface area contributed by atoms with Gasteiger partial charge in [0.15, 0.2) is 12.2 Å². The fraction of sp³-hybridized carbons (Fsp3) is 0.947. The lowest BCUT2D eigenvalue weighted by Gasteiger charge is -2.21. The van der Waals surface area contributed by atoms with Gasteiger partial charge in [-0.1, -0.05) is 325 Å². The van der Waals surface area contributed by atoms with E-state index in [4.69, 9.17) is 37.0 Å². The third kappa shape index (κ3) is 67.3. The van der Waals surface area contributed by atoms with Crippen LogP contribution in [-0.4, -0.2) is 96.7 Å². The van der Waals surface area contributed by atoms with Crippen molar-refractivity contribution in [1.82, 2.24) is 0 Å². The smallest absolute Gasteiger partial charge is 0.462 e. The molecule has 0 spiro atoms. The van der Waals surface area contributed by atoms with Gasteiger partial charge < -0.3 is 33.8 Å². The standard InChI is InChI=1S/C75H146O17P2/c1-9-68(8)54-46-38-33-34-40-48-56-73(78)86-62-71(92-75(80)57-49-41-30-24-20-16-12-10-11-14-18-22-27-35-43-51-65(2)3)64-90-94(83,84)88-60-69(76)59-87-93(81,82)89-63-70(61-85-72(77)55-47-39-32-26-29-37-45-53-67(6)7)91-74(79)58-50-42-31-25-21-17-13-15-19-23-28-36-44-52-66(4)5/h65-71,76H,9-64H2,1-8H3,(H,81,82)(H,83,84)/t68?,69?,70-,71-/m1/s1. The van der Waals surface area contributed by atoms with Crippen molar-refractivity contribution in [3.63, 3.8) is 0 Å². The quantitative estimate of drug-likeness (QED) is 0.0222. The minimum atomic E-state index is -4.96. The summed E-state index contributed by atoms with van der Waals surface area (Å²) in [5.74, 6) is 0.901. The molecule has 558 valence electrons. The molecule has 0 aromatic carbocycles. The molecule has 6 atom stereocenters. The molecule has 17 nitrogen and oxygen atoms in total. The van der Waals surface area contributed by atoms with Crippen LogP contribution in [0.4, 0.5) is 0 Å². The summed E-state index contributed by atoms with van der Waals surface area (Å²) >= 11 is 0. The topological polar surface area (TPSA) is 237 Å². The zero-order valence-electron chi connectivity index (χ0n) is 61.6. The predicted molar refractivity (Wildman–Crippen MR) is 381 cm³/mol. The Labute approximate surface area is 575 Å². The second kappa shape index (κ2) is 64.4. The van der Waals surface area contributed by atoms with Gasteiger partial charge in [0.05, 0.1) is 26.4 Å². The molecule has 0 aliphatic heterocycles. The third-order valence-corrected chi connectivity index (χ3v) is 19.6. The van der Waals surface area contributed by atoms with E-state index in [9.17, 15) is 43.2 Å². The van der Waals surface area contributed by atoms with Crippen molar-refractivity contribution in [3.8, 4) is 0 Å². The van der Waals surface area contributed by atoms with E-state index in [0.29, 0.717) is 31.6 Å². The number of aliphatic hydroxyl groups excluding tert-OH is 1. The molecule has 0 bridgehead atoms. The minimum absolute atomic E-state index is 0.106. The fourth-order valence-corrected chi connectivity index (χ4v) is 12.9. The third-order valence-electron chi connectivity index (χ3n) is 17.7. The van der Waals surface area contributed by atoms with Crippen LogP contribution in [0.2, 0.25) is 0 Å². The maximum atomic E-state index is 13.1. The maximum Gasteiger partial charge on any atom is 0.472 e. The Morgan fingerprint density at radius 3 is 0.755 bits per heavy atom.